The molecule has 4 rings (SSSR count). The highest BCUT2D eigenvalue weighted by Crippen LogP contribution is 2.25. The Labute approximate surface area is 206 Å². The number of benzene rings is 2. The molecule has 1 amide bonds. The van der Waals surface area contributed by atoms with Crippen LogP contribution in [0.15, 0.2) is 66.9 Å². The van der Waals surface area contributed by atoms with Crippen molar-refractivity contribution in [1.82, 2.24) is 19.8 Å². The van der Waals surface area contributed by atoms with Gasteiger partial charge in [0.05, 0.1) is 5.69 Å². The number of hydrogen-bond acceptors (Lipinski definition) is 7. The second-order valence-electron chi connectivity index (χ2n) is 8.85. The lowest BCUT2D eigenvalue weighted by Gasteiger charge is -2.36. The second kappa shape index (κ2) is 11.6. The number of aromatic nitrogens is 2. The Hall–Kier alpha value is -3.69. The molecule has 35 heavy (non-hydrogen) atoms. The first-order chi connectivity index (χ1) is 17.0. The lowest BCUT2D eigenvalue weighted by Crippen LogP contribution is -2.46. The first-order valence-electron chi connectivity index (χ1n) is 11.9. The van der Waals surface area contributed by atoms with E-state index in [-0.39, 0.29) is 5.82 Å². The number of hydrogen-bond donors (Lipinski definition) is 2. The third-order valence-corrected chi connectivity index (χ3v) is 6.02. The molecule has 2 N–H and O–H groups in total. The van der Waals surface area contributed by atoms with E-state index < -0.39 is 6.09 Å². The molecule has 9 heteroatoms. The maximum absolute atomic E-state index is 11.9. The van der Waals surface area contributed by atoms with Gasteiger partial charge < -0.3 is 20.2 Å². The fourth-order valence-corrected chi connectivity index (χ4v) is 4.18. The molecule has 184 valence electrons. The molecule has 1 aromatic heterocycles. The summed E-state index contributed by atoms with van der Waals surface area (Å²) in [5, 5.41) is 12.9. The molecule has 1 aliphatic heterocycles. The lowest BCUT2D eigenvalue weighted by molar-refractivity contribution is 0.204. The predicted molar refractivity (Wildman–Crippen MR) is 140 cm³/mol. The van der Waals surface area contributed by atoms with Gasteiger partial charge in [0.2, 0.25) is 5.95 Å². The van der Waals surface area contributed by atoms with Gasteiger partial charge in [0, 0.05) is 49.8 Å². The van der Waals surface area contributed by atoms with Crippen molar-refractivity contribution in [2.75, 3.05) is 68.5 Å². The topological polar surface area (TPSA) is 88.1 Å². The van der Waals surface area contributed by atoms with Crippen LogP contribution in [0.2, 0.25) is 0 Å². The second-order valence-corrected chi connectivity index (χ2v) is 8.85. The zero-order chi connectivity index (χ0) is 24.6. The fraction of sp³-hybridized carbons (Fsp3) is 0.346. The standard InChI is InChI=1S/C26H33N7O2/c1-30(2)15-6-16-31-17-19-32(20-18-31)22-11-9-21(10-12-22)28-25-27-14-13-24(29-25)33(26(34)35)23-7-4-3-5-8-23/h3-5,7-14H,6,15-20H2,1-2H3,(H,34,35)(H,27,28,29). The van der Waals surface area contributed by atoms with Crippen molar-refractivity contribution in [3.8, 4) is 0 Å². The highest BCUT2D eigenvalue weighted by molar-refractivity contribution is 5.93. The number of piperazine rings is 1. The number of amides is 1. The summed E-state index contributed by atoms with van der Waals surface area (Å²) in [5.41, 5.74) is 2.56. The summed E-state index contributed by atoms with van der Waals surface area (Å²) in [5.74, 6) is 0.616. The lowest BCUT2D eigenvalue weighted by atomic mass is 10.2. The SMILES string of the molecule is CN(C)CCCN1CCN(c2ccc(Nc3nccc(N(C(=O)O)c4ccccc4)n3)cc2)CC1. The van der Waals surface area contributed by atoms with Gasteiger partial charge in [-0.1, -0.05) is 18.2 Å². The molecule has 2 aromatic carbocycles. The van der Waals surface area contributed by atoms with E-state index in [9.17, 15) is 9.90 Å². The number of carboxylic acid groups (broad SMARTS) is 1. The minimum absolute atomic E-state index is 0.279. The molecule has 9 nitrogen and oxygen atoms in total. The van der Waals surface area contributed by atoms with Crippen molar-refractivity contribution >= 4 is 34.9 Å². The van der Waals surface area contributed by atoms with Crippen LogP contribution >= 0.6 is 0 Å². The molecule has 1 saturated heterocycles. The van der Waals surface area contributed by atoms with Crippen LogP contribution < -0.4 is 15.1 Å². The van der Waals surface area contributed by atoms with Crippen molar-refractivity contribution in [1.29, 1.82) is 0 Å². The molecule has 0 radical (unpaired) electrons. The molecular weight excluding hydrogens is 442 g/mol. The van der Waals surface area contributed by atoms with Crippen molar-refractivity contribution in [3.63, 3.8) is 0 Å². The van der Waals surface area contributed by atoms with Gasteiger partial charge in [0.25, 0.3) is 0 Å². The molecule has 0 bridgehead atoms. The average Bonchev–Trinajstić information content (AvgIpc) is 2.86. The number of nitrogens with zero attached hydrogens (tertiary/aromatic N) is 6. The Morgan fingerprint density at radius 1 is 1.00 bits per heavy atom. The van der Waals surface area contributed by atoms with Gasteiger partial charge in [-0.25, -0.2) is 14.7 Å². The Morgan fingerprint density at radius 3 is 2.37 bits per heavy atom. The molecule has 2 heterocycles. The Kier molecular flexibility index (Phi) is 8.12. The monoisotopic (exact) mass is 475 g/mol. The molecule has 0 aliphatic carbocycles. The average molecular weight is 476 g/mol. The molecule has 0 saturated carbocycles. The highest BCUT2D eigenvalue weighted by Gasteiger charge is 2.19. The van der Waals surface area contributed by atoms with Gasteiger partial charge in [-0.15, -0.1) is 0 Å². The van der Waals surface area contributed by atoms with Crippen molar-refractivity contribution in [3.05, 3.63) is 66.9 Å². The van der Waals surface area contributed by atoms with Gasteiger partial charge in [-0.2, -0.15) is 4.98 Å². The molecule has 1 aliphatic rings. The normalized spacial score (nSPS) is 14.2. The zero-order valence-corrected chi connectivity index (χ0v) is 20.3. The van der Waals surface area contributed by atoms with E-state index in [0.29, 0.717) is 11.6 Å². The van der Waals surface area contributed by atoms with E-state index in [4.69, 9.17) is 0 Å². The molecule has 1 fully saturated rings. The summed E-state index contributed by atoms with van der Waals surface area (Å²) in [7, 11) is 4.24. The minimum Gasteiger partial charge on any atom is -0.464 e. The predicted octanol–water partition coefficient (Wildman–Crippen LogP) is 4.11. The molecule has 0 unspecified atom stereocenters. The first kappa shape index (κ1) is 24.4. The van der Waals surface area contributed by atoms with E-state index in [2.05, 4.69) is 56.2 Å². The maximum atomic E-state index is 11.9. The van der Waals surface area contributed by atoms with Crippen LogP contribution in [0.5, 0.6) is 0 Å². The molecular formula is C26H33N7O2. The van der Waals surface area contributed by atoms with Crippen molar-refractivity contribution in [2.45, 2.75) is 6.42 Å². The van der Waals surface area contributed by atoms with Crippen LogP contribution in [-0.2, 0) is 0 Å². The smallest absolute Gasteiger partial charge is 0.417 e. The summed E-state index contributed by atoms with van der Waals surface area (Å²) in [4.78, 5) is 28.9. The van der Waals surface area contributed by atoms with Crippen LogP contribution in [0.3, 0.4) is 0 Å². The van der Waals surface area contributed by atoms with E-state index in [1.165, 1.54) is 12.1 Å². The van der Waals surface area contributed by atoms with Crippen LogP contribution in [-0.4, -0.2) is 84.3 Å². The van der Waals surface area contributed by atoms with Crippen molar-refractivity contribution in [2.24, 2.45) is 0 Å². The number of nitrogens with one attached hydrogen (secondary N) is 1. The largest absolute Gasteiger partial charge is 0.464 e. The summed E-state index contributed by atoms with van der Waals surface area (Å²) < 4.78 is 0. The molecule has 3 aromatic rings. The Morgan fingerprint density at radius 2 is 1.71 bits per heavy atom. The fourth-order valence-electron chi connectivity index (χ4n) is 4.18. The number of para-hydroxylation sites is 1. The quantitative estimate of drug-likeness (QED) is 0.478. The van der Waals surface area contributed by atoms with E-state index >= 15 is 0 Å². The third kappa shape index (κ3) is 6.68. The first-order valence-corrected chi connectivity index (χ1v) is 11.9. The van der Waals surface area contributed by atoms with Gasteiger partial charge in [-0.3, -0.25) is 4.90 Å². The van der Waals surface area contributed by atoms with Crippen LogP contribution in [0.25, 0.3) is 0 Å². The molecule has 0 atom stereocenters. The van der Waals surface area contributed by atoms with Crippen LogP contribution in [0.1, 0.15) is 6.42 Å². The third-order valence-electron chi connectivity index (χ3n) is 6.02. The number of anilines is 5. The summed E-state index contributed by atoms with van der Waals surface area (Å²) in [6.45, 7) is 6.47. The summed E-state index contributed by atoms with van der Waals surface area (Å²) in [6, 6.07) is 18.7. The van der Waals surface area contributed by atoms with Gasteiger partial charge in [0.15, 0.2) is 0 Å². The number of rotatable bonds is 9. The van der Waals surface area contributed by atoms with E-state index in [1.54, 1.807) is 36.5 Å². The minimum atomic E-state index is -1.11. The summed E-state index contributed by atoms with van der Waals surface area (Å²) >= 11 is 0. The van der Waals surface area contributed by atoms with Gasteiger partial charge in [0.1, 0.15) is 5.82 Å². The summed E-state index contributed by atoms with van der Waals surface area (Å²) in [6.07, 6.45) is 1.64. The van der Waals surface area contributed by atoms with E-state index in [0.717, 1.165) is 49.9 Å². The van der Waals surface area contributed by atoms with Crippen LogP contribution in [0.4, 0.5) is 33.6 Å². The maximum Gasteiger partial charge on any atom is 0.417 e. The van der Waals surface area contributed by atoms with Crippen molar-refractivity contribution < 1.29 is 9.90 Å². The number of carbonyl (C=O) groups is 1. The highest BCUT2D eigenvalue weighted by atomic mass is 16.4. The van der Waals surface area contributed by atoms with Gasteiger partial charge in [-0.05, 0) is 70.0 Å². The zero-order valence-electron chi connectivity index (χ0n) is 20.3. The Balaban J connectivity index is 1.36. The molecule has 0 spiro atoms. The van der Waals surface area contributed by atoms with Crippen LogP contribution in [0, 0.1) is 0 Å². The Bertz CT molecular complexity index is 1080. The van der Waals surface area contributed by atoms with E-state index in [1.807, 2.05) is 18.2 Å². The van der Waals surface area contributed by atoms with Gasteiger partial charge >= 0.3 is 6.09 Å².